The molecule has 0 aliphatic heterocycles. The van der Waals surface area contributed by atoms with Crippen molar-refractivity contribution in [2.24, 2.45) is 0 Å². The maximum Gasteiger partial charge on any atom is 0.153 e. The Morgan fingerprint density at radius 1 is 0.247 bits per heavy atom. The molecule has 6 aromatic carbocycles. The summed E-state index contributed by atoms with van der Waals surface area (Å²) in [4.78, 5) is 0. The standard InChI is InChI=1S/C83H99BrO/c1-6-11-24-31-68-36-46-73(47-37-68)56-61-78-79(62-57-74-48-38-69(39-49-74)32-25-12-7-2)81(64-59-76-52-42-71(43-53-76)34-27-14-9-4)83(85-67-30-23-21-19-17-16-18-20-22-29-66-84)82(65-60-77-54-44-72(45-55-77)35-28-15-10-5)80(78)63-58-75-50-40-70(41-51-75)33-26-13-8-3/h36-55H,6-35,66-67H2,1-5H3. The molecule has 0 aromatic heterocycles. The average molecular weight is 1190 g/mol. The van der Waals surface area contributed by atoms with Crippen molar-refractivity contribution in [3.8, 4) is 65.0 Å². The van der Waals surface area contributed by atoms with E-state index >= 15 is 0 Å². The molecule has 0 N–H and O–H groups in total. The highest BCUT2D eigenvalue weighted by molar-refractivity contribution is 9.09. The van der Waals surface area contributed by atoms with Crippen molar-refractivity contribution < 1.29 is 4.74 Å². The van der Waals surface area contributed by atoms with Crippen LogP contribution in [0.5, 0.6) is 5.75 Å². The lowest BCUT2D eigenvalue weighted by molar-refractivity contribution is 0.302. The smallest absolute Gasteiger partial charge is 0.153 e. The second kappa shape index (κ2) is 41.5. The molecule has 0 aliphatic carbocycles. The molecule has 0 aliphatic rings. The van der Waals surface area contributed by atoms with Gasteiger partial charge in [-0.1, -0.05) is 286 Å². The molecule has 444 valence electrons. The van der Waals surface area contributed by atoms with Gasteiger partial charge in [0.05, 0.1) is 34.4 Å². The van der Waals surface area contributed by atoms with Crippen LogP contribution in [0.4, 0.5) is 0 Å². The zero-order chi connectivity index (χ0) is 59.8. The topological polar surface area (TPSA) is 9.23 Å². The van der Waals surface area contributed by atoms with E-state index in [1.807, 2.05) is 0 Å². The van der Waals surface area contributed by atoms with Crippen LogP contribution in [0.25, 0.3) is 0 Å². The minimum atomic E-state index is 0.517. The molecular weight excluding hydrogens is 1090 g/mol. The van der Waals surface area contributed by atoms with Gasteiger partial charge in [-0.2, -0.15) is 0 Å². The van der Waals surface area contributed by atoms with Gasteiger partial charge < -0.3 is 4.74 Å². The summed E-state index contributed by atoms with van der Waals surface area (Å²) in [5.41, 5.74) is 14.9. The number of hydrogen-bond acceptors (Lipinski definition) is 1. The molecule has 2 heteroatoms. The van der Waals surface area contributed by atoms with Crippen molar-refractivity contribution >= 4 is 15.9 Å². The molecule has 6 rings (SSSR count). The summed E-state index contributed by atoms with van der Waals surface area (Å²) in [6.45, 7) is 11.8. The Labute approximate surface area is 526 Å². The minimum Gasteiger partial charge on any atom is -0.491 e. The Bertz CT molecular complexity index is 3020. The third-order valence-corrected chi connectivity index (χ3v) is 16.6. The summed E-state index contributed by atoms with van der Waals surface area (Å²) >= 11 is 3.59. The molecule has 0 saturated carbocycles. The van der Waals surface area contributed by atoms with Crippen molar-refractivity contribution in [3.05, 3.63) is 205 Å². The van der Waals surface area contributed by atoms with Crippen molar-refractivity contribution in [2.75, 3.05) is 11.9 Å². The van der Waals surface area contributed by atoms with E-state index in [0.717, 1.165) is 78.1 Å². The van der Waals surface area contributed by atoms with E-state index in [2.05, 4.69) is 231 Å². The van der Waals surface area contributed by atoms with Crippen LogP contribution < -0.4 is 4.74 Å². The van der Waals surface area contributed by atoms with Gasteiger partial charge >= 0.3 is 0 Å². The van der Waals surface area contributed by atoms with Crippen molar-refractivity contribution in [3.63, 3.8) is 0 Å². The Kier molecular flexibility index (Phi) is 32.9. The maximum atomic E-state index is 7.26. The van der Waals surface area contributed by atoms with E-state index in [1.165, 1.54) is 175 Å². The van der Waals surface area contributed by atoms with E-state index < -0.39 is 0 Å². The summed E-state index contributed by atoms with van der Waals surface area (Å²) in [6, 6.07) is 44.0. The molecule has 0 bridgehead atoms. The number of unbranched alkanes of at least 4 members (excludes halogenated alkanes) is 19. The molecule has 6 aromatic rings. The van der Waals surface area contributed by atoms with E-state index in [-0.39, 0.29) is 0 Å². The van der Waals surface area contributed by atoms with Gasteiger partial charge in [0.1, 0.15) is 0 Å². The third kappa shape index (κ3) is 25.5. The fourth-order valence-electron chi connectivity index (χ4n) is 10.6. The second-order valence-electron chi connectivity index (χ2n) is 23.3. The van der Waals surface area contributed by atoms with Crippen molar-refractivity contribution in [1.82, 2.24) is 0 Å². The first-order valence-corrected chi connectivity index (χ1v) is 34.5. The first-order valence-electron chi connectivity index (χ1n) is 33.4. The number of rotatable bonds is 33. The normalized spacial score (nSPS) is 10.6. The summed E-state index contributed by atoms with van der Waals surface area (Å²) in [7, 11) is 0. The van der Waals surface area contributed by atoms with Gasteiger partial charge in [-0.15, -0.1) is 0 Å². The van der Waals surface area contributed by atoms with Crippen LogP contribution in [0.15, 0.2) is 121 Å². The molecule has 1 nitrogen and oxygen atoms in total. The number of ether oxygens (including phenoxy) is 1. The van der Waals surface area contributed by atoms with Gasteiger partial charge in [-0.05, 0) is 166 Å². The molecule has 0 atom stereocenters. The Morgan fingerprint density at radius 3 is 0.718 bits per heavy atom. The fraction of sp³-hybridized carbons (Fsp3) is 0.446. The van der Waals surface area contributed by atoms with Crippen LogP contribution in [0.3, 0.4) is 0 Å². The van der Waals surface area contributed by atoms with Crippen LogP contribution in [-0.4, -0.2) is 11.9 Å². The van der Waals surface area contributed by atoms with E-state index in [4.69, 9.17) is 4.74 Å². The second-order valence-corrected chi connectivity index (χ2v) is 24.1. The number of alkyl halides is 1. The van der Waals surface area contributed by atoms with Crippen molar-refractivity contribution in [1.29, 1.82) is 0 Å². The van der Waals surface area contributed by atoms with Gasteiger partial charge in [0.15, 0.2) is 5.75 Å². The predicted molar refractivity (Wildman–Crippen MR) is 370 cm³/mol. The Hall–Kier alpha value is -6.60. The zero-order valence-corrected chi connectivity index (χ0v) is 54.5. The minimum absolute atomic E-state index is 0.517. The van der Waals surface area contributed by atoms with E-state index in [9.17, 15) is 0 Å². The molecule has 0 fully saturated rings. The maximum absolute atomic E-state index is 7.26. The highest BCUT2D eigenvalue weighted by Gasteiger charge is 2.23. The first-order chi connectivity index (χ1) is 41.9. The fourth-order valence-corrected chi connectivity index (χ4v) is 11.0. The van der Waals surface area contributed by atoms with Crippen molar-refractivity contribution in [2.45, 2.75) is 227 Å². The first kappa shape index (κ1) is 67.5. The molecule has 0 spiro atoms. The lowest BCUT2D eigenvalue weighted by Gasteiger charge is -2.17. The average Bonchev–Trinajstić information content (AvgIpc) is 3.70. The third-order valence-electron chi connectivity index (χ3n) is 16.0. The van der Waals surface area contributed by atoms with Gasteiger partial charge in [0.2, 0.25) is 0 Å². The number of halogens is 1. The molecule has 0 heterocycles. The largest absolute Gasteiger partial charge is 0.491 e. The lowest BCUT2D eigenvalue weighted by Crippen LogP contribution is -2.08. The highest BCUT2D eigenvalue weighted by atomic mass is 79.9. The zero-order valence-electron chi connectivity index (χ0n) is 53.0. The summed E-state index contributed by atoms with van der Waals surface area (Å²) < 4.78 is 7.26. The van der Waals surface area contributed by atoms with Crippen LogP contribution in [-0.2, 0) is 32.1 Å². The van der Waals surface area contributed by atoms with Gasteiger partial charge in [0.25, 0.3) is 0 Å². The van der Waals surface area contributed by atoms with Crippen LogP contribution in [0, 0.1) is 59.2 Å². The monoisotopic (exact) mass is 1190 g/mol. The Morgan fingerprint density at radius 2 is 0.471 bits per heavy atom. The van der Waals surface area contributed by atoms with E-state index in [1.54, 1.807) is 0 Å². The van der Waals surface area contributed by atoms with Gasteiger partial charge in [-0.3, -0.25) is 0 Å². The van der Waals surface area contributed by atoms with E-state index in [0.29, 0.717) is 40.2 Å². The molecule has 0 saturated heterocycles. The van der Waals surface area contributed by atoms with Crippen LogP contribution in [0.2, 0.25) is 0 Å². The number of aryl methyl sites for hydroxylation is 5. The molecule has 0 unspecified atom stereocenters. The summed E-state index contributed by atoms with van der Waals surface area (Å²) in [5.74, 6) is 37.6. The molecule has 0 radical (unpaired) electrons. The molecule has 85 heavy (non-hydrogen) atoms. The Balaban J connectivity index is 1.61. The number of benzene rings is 6. The molecular formula is C83H99BrO. The van der Waals surface area contributed by atoms with Crippen LogP contribution >= 0.6 is 15.9 Å². The highest BCUT2D eigenvalue weighted by Crippen LogP contribution is 2.35. The van der Waals surface area contributed by atoms with Gasteiger partial charge in [-0.25, -0.2) is 0 Å². The quantitative estimate of drug-likeness (QED) is 0.0227. The van der Waals surface area contributed by atoms with Crippen LogP contribution in [0.1, 0.15) is 279 Å². The lowest BCUT2D eigenvalue weighted by atomic mass is 9.89. The van der Waals surface area contributed by atoms with Gasteiger partial charge in [0, 0.05) is 33.1 Å². The summed E-state index contributed by atoms with van der Waals surface area (Å²) in [5, 5.41) is 1.11. The predicted octanol–water partition coefficient (Wildman–Crippen LogP) is 22.0. The number of hydrogen-bond donors (Lipinski definition) is 0. The SMILES string of the molecule is CCCCCc1ccc(C#Cc2c(C#Cc3ccc(CCCCC)cc3)c(C#Cc3ccc(CCCCC)cc3)c(OCCCCCCCCCCCCBr)c(C#Cc3ccc(CCCCC)cc3)c2C#Cc2ccc(CCCCC)cc2)cc1. The molecule has 0 amide bonds. The summed E-state index contributed by atoms with van der Waals surface area (Å²) in [6.07, 6.45) is 35.6.